The summed E-state index contributed by atoms with van der Waals surface area (Å²) in [6.07, 6.45) is 6.03. The van der Waals surface area contributed by atoms with Crippen molar-refractivity contribution in [2.24, 2.45) is 0 Å². The van der Waals surface area contributed by atoms with E-state index in [-0.39, 0.29) is 12.5 Å². The van der Waals surface area contributed by atoms with Gasteiger partial charge in [0.15, 0.2) is 18.1 Å². The fourth-order valence-corrected chi connectivity index (χ4v) is 3.99. The number of nitrogens with zero attached hydrogens (tertiary/aromatic N) is 3. The molecule has 27 heavy (non-hydrogen) atoms. The number of carbonyl (C=O) groups excluding carboxylic acids is 1. The minimum absolute atomic E-state index is 0.176. The second kappa shape index (κ2) is 9.33. The van der Waals surface area contributed by atoms with Gasteiger partial charge in [-0.1, -0.05) is 30.6 Å². The highest BCUT2D eigenvalue weighted by Crippen LogP contribution is 2.35. The molecule has 0 radical (unpaired) electrons. The van der Waals surface area contributed by atoms with E-state index < -0.39 is 0 Å². The van der Waals surface area contributed by atoms with Gasteiger partial charge < -0.3 is 9.47 Å². The van der Waals surface area contributed by atoms with Crippen LogP contribution in [0.15, 0.2) is 18.2 Å². The number of rotatable bonds is 7. The molecule has 142 valence electrons. The van der Waals surface area contributed by atoms with E-state index in [0.29, 0.717) is 34.7 Å². The van der Waals surface area contributed by atoms with Gasteiger partial charge in [-0.3, -0.25) is 10.1 Å². The quantitative estimate of drug-likeness (QED) is 0.776. The number of ether oxygens (including phenoxy) is 2. The number of nitrogens with one attached hydrogen (secondary N) is 1. The van der Waals surface area contributed by atoms with Crippen LogP contribution in [0.3, 0.4) is 0 Å². The Labute approximate surface area is 162 Å². The molecule has 1 amide bonds. The summed E-state index contributed by atoms with van der Waals surface area (Å²) in [6, 6.07) is 6.90. The summed E-state index contributed by atoms with van der Waals surface area (Å²) in [6.45, 7) is 2.10. The number of hydrogen-bond donors (Lipinski definition) is 1. The summed E-state index contributed by atoms with van der Waals surface area (Å²) < 4.78 is 11.0. The number of benzene rings is 1. The first-order valence-corrected chi connectivity index (χ1v) is 9.94. The summed E-state index contributed by atoms with van der Waals surface area (Å²) in [5, 5.41) is 21.5. The topological polar surface area (TPSA) is 97.1 Å². The highest BCUT2D eigenvalue weighted by molar-refractivity contribution is 7.15. The van der Waals surface area contributed by atoms with Crippen LogP contribution >= 0.6 is 11.3 Å². The number of anilines is 1. The Kier molecular flexibility index (Phi) is 6.60. The highest BCUT2D eigenvalue weighted by atomic mass is 32.1. The van der Waals surface area contributed by atoms with Crippen molar-refractivity contribution in [3.63, 3.8) is 0 Å². The Balaban J connectivity index is 1.55. The molecule has 1 N–H and O–H groups in total. The van der Waals surface area contributed by atoms with E-state index in [2.05, 4.69) is 21.6 Å². The average molecular weight is 386 g/mol. The summed E-state index contributed by atoms with van der Waals surface area (Å²) in [5.74, 6) is 1.02. The van der Waals surface area contributed by atoms with Gasteiger partial charge in [-0.15, -0.1) is 10.2 Å². The average Bonchev–Trinajstić information content (AvgIpc) is 3.16. The van der Waals surface area contributed by atoms with Crippen LogP contribution in [-0.4, -0.2) is 29.3 Å². The molecule has 0 saturated heterocycles. The molecule has 0 atom stereocenters. The lowest BCUT2D eigenvalue weighted by molar-refractivity contribution is -0.118. The Morgan fingerprint density at radius 3 is 2.81 bits per heavy atom. The molecule has 3 rings (SSSR count). The van der Waals surface area contributed by atoms with E-state index in [1.807, 2.05) is 6.92 Å². The normalized spacial score (nSPS) is 14.4. The Morgan fingerprint density at radius 2 is 2.07 bits per heavy atom. The monoisotopic (exact) mass is 386 g/mol. The van der Waals surface area contributed by atoms with Crippen molar-refractivity contribution < 1.29 is 14.3 Å². The summed E-state index contributed by atoms with van der Waals surface area (Å²) in [5.41, 5.74) is 0.472. The molecular weight excluding hydrogens is 364 g/mol. The van der Waals surface area contributed by atoms with Crippen LogP contribution in [0.2, 0.25) is 0 Å². The molecule has 1 aliphatic rings. The van der Waals surface area contributed by atoms with Gasteiger partial charge in [-0.05, 0) is 31.9 Å². The second-order valence-corrected chi connectivity index (χ2v) is 7.33. The zero-order valence-corrected chi connectivity index (χ0v) is 16.1. The third-order valence-corrected chi connectivity index (χ3v) is 5.37. The van der Waals surface area contributed by atoms with Crippen molar-refractivity contribution in [1.29, 1.82) is 5.26 Å². The van der Waals surface area contributed by atoms with Crippen molar-refractivity contribution in [1.82, 2.24) is 10.2 Å². The van der Waals surface area contributed by atoms with E-state index in [1.165, 1.54) is 30.6 Å². The number of carbonyl (C=O) groups is 1. The predicted octanol–water partition coefficient (Wildman–Crippen LogP) is 3.87. The lowest BCUT2D eigenvalue weighted by atomic mass is 9.90. The lowest BCUT2D eigenvalue weighted by Gasteiger charge is -2.18. The van der Waals surface area contributed by atoms with Crippen molar-refractivity contribution in [3.8, 4) is 17.6 Å². The lowest BCUT2D eigenvalue weighted by Crippen LogP contribution is -2.20. The molecule has 1 aromatic heterocycles. The first-order chi connectivity index (χ1) is 13.2. The summed E-state index contributed by atoms with van der Waals surface area (Å²) in [4.78, 5) is 12.2. The maximum Gasteiger partial charge on any atom is 0.264 e. The fraction of sp³-hybridized carbons (Fsp3) is 0.474. The molecule has 2 aromatic rings. The molecule has 8 heteroatoms. The molecule has 0 bridgehead atoms. The molecule has 1 aliphatic carbocycles. The van der Waals surface area contributed by atoms with E-state index in [9.17, 15) is 4.79 Å². The van der Waals surface area contributed by atoms with E-state index in [0.717, 1.165) is 17.8 Å². The standard InChI is InChI=1S/C19H22N4O3S/c1-2-25-16-10-13(11-20)8-9-15(16)26-12-17(24)21-19-23-22-18(27-19)14-6-4-3-5-7-14/h8-10,14H,2-7,12H2,1H3,(H,21,23,24). The predicted molar refractivity (Wildman–Crippen MR) is 102 cm³/mol. The molecule has 1 saturated carbocycles. The molecular formula is C19H22N4O3S. The van der Waals surface area contributed by atoms with Gasteiger partial charge in [0, 0.05) is 12.0 Å². The van der Waals surface area contributed by atoms with Gasteiger partial charge in [0.25, 0.3) is 5.91 Å². The molecule has 0 aliphatic heterocycles. The van der Waals surface area contributed by atoms with Crippen LogP contribution in [0.1, 0.15) is 55.5 Å². The maximum atomic E-state index is 12.2. The Morgan fingerprint density at radius 1 is 1.26 bits per heavy atom. The van der Waals surface area contributed by atoms with Gasteiger partial charge in [0.05, 0.1) is 18.2 Å². The minimum Gasteiger partial charge on any atom is -0.490 e. The van der Waals surface area contributed by atoms with Crippen molar-refractivity contribution in [2.75, 3.05) is 18.5 Å². The number of hydrogen-bond acceptors (Lipinski definition) is 7. The van der Waals surface area contributed by atoms with Crippen molar-refractivity contribution >= 4 is 22.4 Å². The zero-order chi connectivity index (χ0) is 19.1. The molecule has 1 aromatic carbocycles. The van der Waals surface area contributed by atoms with E-state index >= 15 is 0 Å². The van der Waals surface area contributed by atoms with Gasteiger partial charge in [0.2, 0.25) is 5.13 Å². The third kappa shape index (κ3) is 5.17. The minimum atomic E-state index is -0.312. The van der Waals surface area contributed by atoms with Crippen LogP contribution in [0.25, 0.3) is 0 Å². The highest BCUT2D eigenvalue weighted by Gasteiger charge is 2.20. The Hall–Kier alpha value is -2.66. The smallest absolute Gasteiger partial charge is 0.264 e. The van der Waals surface area contributed by atoms with Crippen LogP contribution in [0.4, 0.5) is 5.13 Å². The molecule has 7 nitrogen and oxygen atoms in total. The van der Waals surface area contributed by atoms with Gasteiger partial charge >= 0.3 is 0 Å². The maximum absolute atomic E-state index is 12.2. The van der Waals surface area contributed by atoms with E-state index in [4.69, 9.17) is 14.7 Å². The summed E-state index contributed by atoms with van der Waals surface area (Å²) >= 11 is 1.44. The van der Waals surface area contributed by atoms with Crippen LogP contribution < -0.4 is 14.8 Å². The molecule has 0 unspecified atom stereocenters. The number of amides is 1. The largest absolute Gasteiger partial charge is 0.490 e. The zero-order valence-electron chi connectivity index (χ0n) is 15.2. The van der Waals surface area contributed by atoms with Gasteiger partial charge in [-0.25, -0.2) is 0 Å². The number of nitriles is 1. The molecule has 1 fully saturated rings. The van der Waals surface area contributed by atoms with Crippen molar-refractivity contribution in [3.05, 3.63) is 28.8 Å². The second-order valence-electron chi connectivity index (χ2n) is 6.32. The fourth-order valence-electron chi connectivity index (χ4n) is 3.06. The molecule has 1 heterocycles. The van der Waals surface area contributed by atoms with Gasteiger partial charge in [0.1, 0.15) is 5.01 Å². The van der Waals surface area contributed by atoms with Crippen molar-refractivity contribution in [2.45, 2.75) is 44.9 Å². The third-order valence-electron chi connectivity index (χ3n) is 4.37. The first kappa shape index (κ1) is 19.1. The first-order valence-electron chi connectivity index (χ1n) is 9.12. The van der Waals surface area contributed by atoms with Gasteiger partial charge in [-0.2, -0.15) is 5.26 Å². The van der Waals surface area contributed by atoms with Crippen LogP contribution in [0, 0.1) is 11.3 Å². The van der Waals surface area contributed by atoms with Crippen LogP contribution in [-0.2, 0) is 4.79 Å². The Bertz CT molecular complexity index is 825. The SMILES string of the molecule is CCOc1cc(C#N)ccc1OCC(=O)Nc1nnc(C2CCCCC2)s1. The summed E-state index contributed by atoms with van der Waals surface area (Å²) in [7, 11) is 0. The molecule has 0 spiro atoms. The number of aromatic nitrogens is 2. The van der Waals surface area contributed by atoms with E-state index in [1.54, 1.807) is 18.2 Å². The van der Waals surface area contributed by atoms with Crippen LogP contribution in [0.5, 0.6) is 11.5 Å².